The van der Waals surface area contributed by atoms with Gasteiger partial charge in [0, 0.05) is 23.1 Å². The molecule has 0 radical (unpaired) electrons. The highest BCUT2D eigenvalue weighted by atomic mass is 35.5. The van der Waals surface area contributed by atoms with E-state index in [0.717, 1.165) is 5.56 Å². The van der Waals surface area contributed by atoms with Crippen LogP contribution in [0.3, 0.4) is 0 Å². The van der Waals surface area contributed by atoms with E-state index in [1.807, 2.05) is 36.9 Å². The van der Waals surface area contributed by atoms with Crippen LogP contribution in [0.1, 0.15) is 60.3 Å². The van der Waals surface area contributed by atoms with Crippen molar-refractivity contribution in [3.05, 3.63) is 86.3 Å². The van der Waals surface area contributed by atoms with Gasteiger partial charge >= 0.3 is 5.56 Å². The third-order valence-electron chi connectivity index (χ3n) is 8.02. The van der Waals surface area contributed by atoms with Crippen LogP contribution in [0.25, 0.3) is 0 Å². The minimum absolute atomic E-state index is 0.103. The Morgan fingerprint density at radius 1 is 1.20 bits per heavy atom. The van der Waals surface area contributed by atoms with Crippen LogP contribution in [0.15, 0.2) is 53.3 Å². The summed E-state index contributed by atoms with van der Waals surface area (Å²) in [5.41, 5.74) is 0.611. The first kappa shape index (κ1) is 27.4. The number of nitrogens with one attached hydrogen (secondary N) is 2. The molecular weight excluding hydrogens is 530 g/mol. The van der Waals surface area contributed by atoms with Gasteiger partial charge in [-0.25, -0.2) is 5.10 Å². The SMILES string of the molecule is Cc1cc(Oc2ccc(C(=O)N[C@H]3C[C@@]4(c5cccc(Cl)c5)CC[C@H](C(C)(C)C#N)N4C3=O)cc2C)c(=O)[nH]n1. The standard InChI is InChI=1S/C30H30ClN5O4/c1-17-12-19(8-9-23(17)40-24-13-18(2)34-35-27(24)38)26(37)33-22-15-30(20-6-5-7-21(31)14-20)11-10-25(29(3,4)16-32)36(30)28(22)39/h5-9,12-14,22,25H,10-11,15H2,1-4H3,(H,33,37)(H,35,38)/t22-,25+,30+/m0/s1. The average Bonchev–Trinajstić information content (AvgIpc) is 3.43. The summed E-state index contributed by atoms with van der Waals surface area (Å²) in [5.74, 6) is -0.0787. The van der Waals surface area contributed by atoms with Gasteiger partial charge in [0.2, 0.25) is 5.91 Å². The minimum atomic E-state index is -0.767. The zero-order valence-corrected chi connectivity index (χ0v) is 23.5. The van der Waals surface area contributed by atoms with Crippen molar-refractivity contribution in [2.75, 3.05) is 0 Å². The molecule has 9 nitrogen and oxygen atoms in total. The first-order chi connectivity index (χ1) is 18.9. The van der Waals surface area contributed by atoms with Crippen LogP contribution in [0, 0.1) is 30.6 Å². The summed E-state index contributed by atoms with van der Waals surface area (Å²) in [5, 5.41) is 19.6. The lowest BCUT2D eigenvalue weighted by molar-refractivity contribution is -0.135. The van der Waals surface area contributed by atoms with Crippen molar-refractivity contribution in [1.29, 1.82) is 5.26 Å². The fraction of sp³-hybridized carbons (Fsp3) is 0.367. The predicted octanol–water partition coefficient (Wildman–Crippen LogP) is 4.77. The Kier molecular flexibility index (Phi) is 6.92. The van der Waals surface area contributed by atoms with Gasteiger partial charge in [0.15, 0.2) is 5.75 Å². The number of aromatic amines is 1. The first-order valence-electron chi connectivity index (χ1n) is 13.1. The molecule has 0 saturated carbocycles. The predicted molar refractivity (Wildman–Crippen MR) is 149 cm³/mol. The van der Waals surface area contributed by atoms with Gasteiger partial charge in [-0.3, -0.25) is 14.4 Å². The Bertz CT molecular complexity index is 1610. The lowest BCUT2D eigenvalue weighted by Crippen LogP contribution is -2.50. The number of ether oxygens (including phenoxy) is 1. The molecule has 10 heteroatoms. The molecule has 3 aromatic rings. The highest BCUT2D eigenvalue weighted by Gasteiger charge is 2.61. The molecule has 40 heavy (non-hydrogen) atoms. The summed E-state index contributed by atoms with van der Waals surface area (Å²) >= 11 is 6.34. The molecule has 0 bridgehead atoms. The van der Waals surface area contributed by atoms with Gasteiger partial charge in [-0.15, -0.1) is 0 Å². The monoisotopic (exact) mass is 559 g/mol. The quantitative estimate of drug-likeness (QED) is 0.447. The largest absolute Gasteiger partial charge is 0.451 e. The average molecular weight is 560 g/mol. The summed E-state index contributed by atoms with van der Waals surface area (Å²) < 4.78 is 5.77. The third kappa shape index (κ3) is 4.73. The Hall–Kier alpha value is -4.16. The van der Waals surface area contributed by atoms with Gasteiger partial charge in [-0.1, -0.05) is 23.7 Å². The fourth-order valence-electron chi connectivity index (χ4n) is 5.95. The van der Waals surface area contributed by atoms with E-state index in [1.54, 1.807) is 38.1 Å². The van der Waals surface area contributed by atoms with E-state index < -0.39 is 28.5 Å². The number of rotatable bonds is 6. The number of hydrogen-bond acceptors (Lipinski definition) is 6. The number of H-pyrrole nitrogens is 1. The van der Waals surface area contributed by atoms with E-state index in [2.05, 4.69) is 21.6 Å². The number of hydrogen-bond donors (Lipinski definition) is 2. The maximum absolute atomic E-state index is 13.9. The molecular formula is C30H30ClN5O4. The number of amides is 2. The maximum Gasteiger partial charge on any atom is 0.307 e. The molecule has 2 fully saturated rings. The van der Waals surface area contributed by atoms with Crippen LogP contribution < -0.4 is 15.6 Å². The van der Waals surface area contributed by atoms with Crippen LogP contribution in [0.2, 0.25) is 5.02 Å². The maximum atomic E-state index is 13.9. The minimum Gasteiger partial charge on any atom is -0.451 e. The van der Waals surface area contributed by atoms with Crippen molar-refractivity contribution in [2.45, 2.75) is 64.6 Å². The normalized spacial score (nSPS) is 22.1. The van der Waals surface area contributed by atoms with Gasteiger partial charge in [0.25, 0.3) is 5.91 Å². The summed E-state index contributed by atoms with van der Waals surface area (Å²) in [6.07, 6.45) is 1.72. The van der Waals surface area contributed by atoms with Crippen LogP contribution in [0.4, 0.5) is 0 Å². The molecule has 2 aliphatic heterocycles. The van der Waals surface area contributed by atoms with Crippen molar-refractivity contribution in [3.8, 4) is 17.6 Å². The third-order valence-corrected chi connectivity index (χ3v) is 8.26. The van der Waals surface area contributed by atoms with E-state index in [9.17, 15) is 19.6 Å². The van der Waals surface area contributed by atoms with Gasteiger partial charge in [-0.05, 0) is 82.0 Å². The highest BCUT2D eigenvalue weighted by molar-refractivity contribution is 6.30. The Morgan fingerprint density at radius 3 is 2.67 bits per heavy atom. The molecule has 5 rings (SSSR count). The van der Waals surface area contributed by atoms with Crippen molar-refractivity contribution in [3.63, 3.8) is 0 Å². The van der Waals surface area contributed by atoms with E-state index in [0.29, 0.717) is 46.9 Å². The lowest BCUT2D eigenvalue weighted by atomic mass is 9.83. The molecule has 0 unspecified atom stereocenters. The van der Waals surface area contributed by atoms with Gasteiger partial charge in [0.05, 0.1) is 28.8 Å². The topological polar surface area (TPSA) is 128 Å². The van der Waals surface area contributed by atoms with E-state index in [4.69, 9.17) is 16.3 Å². The smallest absolute Gasteiger partial charge is 0.307 e. The van der Waals surface area contributed by atoms with Crippen molar-refractivity contribution >= 4 is 23.4 Å². The number of aryl methyl sites for hydroxylation is 2. The van der Waals surface area contributed by atoms with E-state index >= 15 is 0 Å². The molecule has 2 aliphatic rings. The second kappa shape index (κ2) is 10.1. The molecule has 3 atom stereocenters. The van der Waals surface area contributed by atoms with Gasteiger partial charge < -0.3 is 15.0 Å². The summed E-state index contributed by atoms with van der Waals surface area (Å²) in [4.78, 5) is 41.1. The first-order valence-corrected chi connectivity index (χ1v) is 13.5. The lowest BCUT2D eigenvalue weighted by Gasteiger charge is -2.39. The summed E-state index contributed by atoms with van der Waals surface area (Å²) in [6, 6.07) is 15.2. The summed E-state index contributed by atoms with van der Waals surface area (Å²) in [7, 11) is 0. The molecule has 0 aliphatic carbocycles. The number of halogens is 1. The van der Waals surface area contributed by atoms with Crippen LogP contribution >= 0.6 is 11.6 Å². The number of carbonyl (C=O) groups excluding carboxylic acids is 2. The van der Waals surface area contributed by atoms with Crippen LogP contribution in [0.5, 0.6) is 11.5 Å². The molecule has 2 aromatic carbocycles. The number of nitriles is 1. The van der Waals surface area contributed by atoms with Crippen LogP contribution in [-0.2, 0) is 10.3 Å². The van der Waals surface area contributed by atoms with E-state index in [-0.39, 0.29) is 17.7 Å². The molecule has 1 aromatic heterocycles. The number of benzene rings is 2. The molecule has 2 saturated heterocycles. The number of fused-ring (bicyclic) bond motifs is 1. The highest BCUT2D eigenvalue weighted by Crippen LogP contribution is 2.54. The zero-order valence-electron chi connectivity index (χ0n) is 22.7. The van der Waals surface area contributed by atoms with E-state index in [1.165, 1.54) is 6.07 Å². The summed E-state index contributed by atoms with van der Waals surface area (Å²) in [6.45, 7) is 7.20. The number of carbonyl (C=O) groups is 2. The Balaban J connectivity index is 1.40. The number of nitrogens with zero attached hydrogens (tertiary/aromatic N) is 3. The molecule has 2 N–H and O–H groups in total. The second-order valence-corrected chi connectivity index (χ2v) is 11.6. The zero-order chi connectivity index (χ0) is 28.8. The molecule has 2 amide bonds. The van der Waals surface area contributed by atoms with Crippen molar-refractivity contribution in [2.24, 2.45) is 5.41 Å². The molecule has 3 heterocycles. The van der Waals surface area contributed by atoms with Gasteiger partial charge in [-0.2, -0.15) is 10.4 Å². The van der Waals surface area contributed by atoms with Gasteiger partial charge in [0.1, 0.15) is 11.8 Å². The molecule has 0 spiro atoms. The molecule has 206 valence electrons. The second-order valence-electron chi connectivity index (χ2n) is 11.2. The Labute approximate surface area is 237 Å². The van der Waals surface area contributed by atoms with Crippen molar-refractivity contribution < 1.29 is 14.3 Å². The Morgan fingerprint density at radius 2 is 1.98 bits per heavy atom. The number of aromatic nitrogens is 2. The fourth-order valence-corrected chi connectivity index (χ4v) is 6.14. The van der Waals surface area contributed by atoms with Crippen molar-refractivity contribution in [1.82, 2.24) is 20.4 Å². The van der Waals surface area contributed by atoms with Crippen LogP contribution in [-0.4, -0.2) is 39.0 Å².